The lowest BCUT2D eigenvalue weighted by atomic mass is 9.62. The van der Waals surface area contributed by atoms with Crippen LogP contribution in [0, 0.1) is 0 Å². The molecule has 0 aromatic heterocycles. The Morgan fingerprint density at radius 2 is 2.00 bits per heavy atom. The van der Waals surface area contributed by atoms with Crippen molar-refractivity contribution in [3.8, 4) is 0 Å². The summed E-state index contributed by atoms with van der Waals surface area (Å²) in [5.74, 6) is -2.58. The minimum absolute atomic E-state index is 0.155. The molecule has 1 aliphatic carbocycles. The van der Waals surface area contributed by atoms with Crippen molar-refractivity contribution in [3.05, 3.63) is 23.8 Å². The van der Waals surface area contributed by atoms with Gasteiger partial charge in [-0.3, -0.25) is 4.99 Å². The van der Waals surface area contributed by atoms with Gasteiger partial charge >= 0.3 is 7.12 Å². The zero-order chi connectivity index (χ0) is 14.9. The maximum atomic E-state index is 13.3. The van der Waals surface area contributed by atoms with E-state index in [1.54, 1.807) is 6.21 Å². The largest absolute Gasteiger partial charge is 0.494 e. The molecular formula is C15H16BF2NO2. The number of benzene rings is 1. The van der Waals surface area contributed by atoms with Crippen molar-refractivity contribution in [2.75, 3.05) is 6.61 Å². The Labute approximate surface area is 122 Å². The molecule has 0 radical (unpaired) electrons. The summed E-state index contributed by atoms with van der Waals surface area (Å²) in [6.07, 6.45) is 1.37. The lowest BCUT2D eigenvalue weighted by Gasteiger charge is -2.43. The van der Waals surface area contributed by atoms with Gasteiger partial charge in [0.2, 0.25) is 0 Å². The van der Waals surface area contributed by atoms with Crippen LogP contribution in [0.15, 0.2) is 23.2 Å². The van der Waals surface area contributed by atoms with Gasteiger partial charge in [0.15, 0.2) is 0 Å². The monoisotopic (exact) mass is 291 g/mol. The number of aliphatic imine (C=N–C) groups is 1. The number of alkyl halides is 2. The predicted molar refractivity (Wildman–Crippen MR) is 77.0 cm³/mol. The van der Waals surface area contributed by atoms with E-state index in [-0.39, 0.29) is 18.4 Å². The molecule has 2 aliphatic heterocycles. The van der Waals surface area contributed by atoms with Gasteiger partial charge in [0.25, 0.3) is 5.92 Å². The Morgan fingerprint density at radius 1 is 1.24 bits per heavy atom. The Balaban J connectivity index is 1.65. The summed E-state index contributed by atoms with van der Waals surface area (Å²) in [4.78, 5) is 4.30. The molecule has 6 heteroatoms. The van der Waals surface area contributed by atoms with Gasteiger partial charge in [-0.15, -0.1) is 0 Å². The standard InChI is InChI=1S/C15H16BF2NO2/c1-13(2)9-20-16(21-13)10-3-4-12-11(5-10)14(8-19-12)6-15(17,18)7-14/h3-5,8H,6-7,9H2,1-2H3. The molecule has 2 heterocycles. The molecule has 2 fully saturated rings. The van der Waals surface area contributed by atoms with Gasteiger partial charge in [-0.2, -0.15) is 0 Å². The van der Waals surface area contributed by atoms with Crippen molar-refractivity contribution in [3.63, 3.8) is 0 Å². The third-order valence-electron chi connectivity index (χ3n) is 4.44. The molecule has 3 aliphatic rings. The molecule has 1 saturated heterocycles. The third kappa shape index (κ3) is 2.04. The SMILES string of the molecule is CC1(C)COB(c2ccc3c(c2)C2(C=N3)CC(F)(F)C2)O1. The highest BCUT2D eigenvalue weighted by atomic mass is 19.3. The second-order valence-corrected chi connectivity index (χ2v) is 6.92. The van der Waals surface area contributed by atoms with Crippen LogP contribution in [0.5, 0.6) is 0 Å². The van der Waals surface area contributed by atoms with Crippen molar-refractivity contribution in [2.24, 2.45) is 4.99 Å². The van der Waals surface area contributed by atoms with E-state index in [0.717, 1.165) is 16.7 Å². The van der Waals surface area contributed by atoms with Crippen molar-refractivity contribution >= 4 is 24.5 Å². The summed E-state index contributed by atoms with van der Waals surface area (Å²) in [6, 6.07) is 5.69. The molecule has 1 aromatic carbocycles. The van der Waals surface area contributed by atoms with Crippen LogP contribution in [-0.4, -0.2) is 31.5 Å². The van der Waals surface area contributed by atoms with Gasteiger partial charge in [0.05, 0.1) is 17.9 Å². The zero-order valence-electron chi connectivity index (χ0n) is 12.0. The number of fused-ring (bicyclic) bond motifs is 2. The fourth-order valence-electron chi connectivity index (χ4n) is 3.43. The predicted octanol–water partition coefficient (Wildman–Crippen LogP) is 2.59. The molecule has 0 atom stereocenters. The van der Waals surface area contributed by atoms with Crippen molar-refractivity contribution in [1.82, 2.24) is 0 Å². The topological polar surface area (TPSA) is 30.8 Å². The maximum absolute atomic E-state index is 13.3. The van der Waals surface area contributed by atoms with E-state index in [1.807, 2.05) is 32.0 Å². The van der Waals surface area contributed by atoms with E-state index in [4.69, 9.17) is 9.31 Å². The minimum Gasteiger partial charge on any atom is -0.404 e. The highest BCUT2D eigenvalue weighted by molar-refractivity contribution is 6.62. The first kappa shape index (κ1) is 13.4. The van der Waals surface area contributed by atoms with Gasteiger partial charge in [0, 0.05) is 24.5 Å². The Bertz CT molecular complexity index is 637. The van der Waals surface area contributed by atoms with Crippen LogP contribution in [0.25, 0.3) is 0 Å². The Kier molecular flexibility index (Phi) is 2.51. The van der Waals surface area contributed by atoms with Crippen LogP contribution in [0.3, 0.4) is 0 Å². The highest BCUT2D eigenvalue weighted by Gasteiger charge is 2.58. The molecule has 0 unspecified atom stereocenters. The Hall–Kier alpha value is -1.27. The lowest BCUT2D eigenvalue weighted by molar-refractivity contribution is -0.102. The Morgan fingerprint density at radius 3 is 2.62 bits per heavy atom. The average Bonchev–Trinajstić information content (AvgIpc) is 2.89. The number of halogens is 2. The zero-order valence-corrected chi connectivity index (χ0v) is 12.0. The summed E-state index contributed by atoms with van der Waals surface area (Å²) in [5, 5.41) is 0. The van der Waals surface area contributed by atoms with E-state index in [0.29, 0.717) is 6.61 Å². The fraction of sp³-hybridized carbons (Fsp3) is 0.533. The van der Waals surface area contributed by atoms with Gasteiger partial charge in [-0.25, -0.2) is 8.78 Å². The normalized spacial score (nSPS) is 27.0. The number of rotatable bonds is 1. The second-order valence-electron chi connectivity index (χ2n) is 6.92. The summed E-state index contributed by atoms with van der Waals surface area (Å²) in [6.45, 7) is 4.46. The van der Waals surface area contributed by atoms with Crippen molar-refractivity contribution in [1.29, 1.82) is 0 Å². The number of nitrogens with zero attached hydrogens (tertiary/aromatic N) is 1. The van der Waals surface area contributed by atoms with E-state index in [1.165, 1.54) is 0 Å². The van der Waals surface area contributed by atoms with E-state index in [2.05, 4.69) is 4.99 Å². The minimum atomic E-state index is -2.58. The smallest absolute Gasteiger partial charge is 0.404 e. The summed E-state index contributed by atoms with van der Waals surface area (Å²) >= 11 is 0. The second kappa shape index (κ2) is 3.93. The molecular weight excluding hydrogens is 275 g/mol. The number of hydrogen-bond acceptors (Lipinski definition) is 3. The van der Waals surface area contributed by atoms with E-state index in [9.17, 15) is 8.78 Å². The lowest BCUT2D eigenvalue weighted by Crippen LogP contribution is -2.49. The van der Waals surface area contributed by atoms with Gasteiger partial charge in [0.1, 0.15) is 0 Å². The first-order valence-corrected chi connectivity index (χ1v) is 7.16. The fourth-order valence-corrected chi connectivity index (χ4v) is 3.43. The van der Waals surface area contributed by atoms with Crippen molar-refractivity contribution in [2.45, 2.75) is 43.6 Å². The van der Waals surface area contributed by atoms with Crippen molar-refractivity contribution < 1.29 is 18.1 Å². The van der Waals surface area contributed by atoms with Gasteiger partial charge in [-0.1, -0.05) is 12.1 Å². The van der Waals surface area contributed by atoms with Crippen LogP contribution in [0.4, 0.5) is 14.5 Å². The maximum Gasteiger partial charge on any atom is 0.494 e. The molecule has 1 aromatic rings. The molecule has 1 saturated carbocycles. The first-order valence-electron chi connectivity index (χ1n) is 7.16. The summed E-state index contributed by atoms with van der Waals surface area (Å²) in [5.41, 5.74) is 1.62. The summed E-state index contributed by atoms with van der Waals surface area (Å²) in [7, 11) is -0.427. The van der Waals surface area contributed by atoms with Crippen LogP contribution in [0.1, 0.15) is 32.3 Å². The molecule has 110 valence electrons. The highest BCUT2D eigenvalue weighted by Crippen LogP contribution is 2.56. The van der Waals surface area contributed by atoms with Crippen LogP contribution in [-0.2, 0) is 14.7 Å². The van der Waals surface area contributed by atoms with Gasteiger partial charge in [-0.05, 0) is 30.9 Å². The first-order chi connectivity index (χ1) is 9.79. The molecule has 1 spiro atoms. The molecule has 4 rings (SSSR count). The number of hydrogen-bond donors (Lipinski definition) is 0. The van der Waals surface area contributed by atoms with Crippen LogP contribution < -0.4 is 5.46 Å². The van der Waals surface area contributed by atoms with E-state index >= 15 is 0 Å². The van der Waals surface area contributed by atoms with Crippen LogP contribution >= 0.6 is 0 Å². The summed E-state index contributed by atoms with van der Waals surface area (Å²) < 4.78 is 38.1. The molecule has 0 amide bonds. The molecule has 0 bridgehead atoms. The average molecular weight is 291 g/mol. The molecule has 0 N–H and O–H groups in total. The third-order valence-corrected chi connectivity index (χ3v) is 4.44. The molecule has 21 heavy (non-hydrogen) atoms. The van der Waals surface area contributed by atoms with Gasteiger partial charge < -0.3 is 9.31 Å². The van der Waals surface area contributed by atoms with Crippen LogP contribution in [0.2, 0.25) is 0 Å². The quantitative estimate of drug-likeness (QED) is 0.745. The molecule has 3 nitrogen and oxygen atoms in total. The van der Waals surface area contributed by atoms with E-state index < -0.39 is 18.5 Å².